The third-order valence-electron chi connectivity index (χ3n) is 15.7. The maximum atomic E-state index is 13.7. The van der Waals surface area contributed by atoms with Crippen molar-refractivity contribution in [2.45, 2.75) is 19.0 Å². The second kappa shape index (κ2) is 26.2. The SMILES string of the molecule is O=C(O)CC(CP1(=O)Oc2ccccc2-c2ccccc21)C(=O)O.O=P1(Cc2ccccc2)Oc2ccccc2-c2ccccc21.O=P1(c2cc(O)ccc2O)Oc2ccccc2-c2ccccc21.O=[p+]1oc2c(Cc3ccccc3)cccc2c2ccccc21. The molecular formula is C73H57O14P4+. The fraction of sp³-hybridized carbons (Fsp3) is 0.0685. The predicted octanol–water partition coefficient (Wildman–Crippen LogP) is 17.0. The van der Waals surface area contributed by atoms with Gasteiger partial charge in [0.15, 0.2) is 5.58 Å². The van der Waals surface area contributed by atoms with Gasteiger partial charge in [-0.3, -0.25) is 23.3 Å². The van der Waals surface area contributed by atoms with E-state index in [1.165, 1.54) is 23.8 Å². The molecule has 4 N–H and O–H groups in total. The van der Waals surface area contributed by atoms with Gasteiger partial charge in [-0.2, -0.15) is 0 Å². The van der Waals surface area contributed by atoms with Crippen molar-refractivity contribution in [3.63, 3.8) is 0 Å². The van der Waals surface area contributed by atoms with E-state index in [-0.39, 0.29) is 23.0 Å². The van der Waals surface area contributed by atoms with Crippen LogP contribution in [0.15, 0.2) is 271 Å². The Bertz CT molecular complexity index is 4950. The number of carbonyl (C=O) groups is 2. The predicted molar refractivity (Wildman–Crippen MR) is 358 cm³/mol. The van der Waals surface area contributed by atoms with Gasteiger partial charge in [0, 0.05) is 39.4 Å². The number of phenols is 2. The lowest BCUT2D eigenvalue weighted by atomic mass is 10.0. The minimum absolute atomic E-state index is 0.0760. The lowest BCUT2D eigenvalue weighted by Crippen LogP contribution is -2.28. The van der Waals surface area contributed by atoms with Crippen molar-refractivity contribution in [3.8, 4) is 62.1 Å². The van der Waals surface area contributed by atoms with E-state index in [2.05, 4.69) is 12.1 Å². The minimum atomic E-state index is -3.56. The first-order chi connectivity index (χ1) is 44.1. The van der Waals surface area contributed by atoms with Crippen LogP contribution < -0.4 is 34.8 Å². The third-order valence-corrected chi connectivity index (χ3v) is 24.2. The quantitative estimate of drug-likeness (QED) is 0.0568. The highest BCUT2D eigenvalue weighted by Gasteiger charge is 2.42. The molecule has 18 heteroatoms. The molecule has 3 aliphatic heterocycles. The molecule has 452 valence electrons. The summed E-state index contributed by atoms with van der Waals surface area (Å²) in [6.07, 6.45) is 0.223. The molecule has 3 aliphatic rings. The highest BCUT2D eigenvalue weighted by atomic mass is 31.2. The van der Waals surface area contributed by atoms with Crippen molar-refractivity contribution >= 4 is 84.4 Å². The van der Waals surface area contributed by atoms with Crippen molar-refractivity contribution in [2.24, 2.45) is 5.92 Å². The molecule has 0 saturated heterocycles. The average Bonchev–Trinajstić information content (AvgIpc) is 0.792. The molecule has 5 unspecified atom stereocenters. The number of para-hydroxylation sites is 4. The molecule has 0 saturated carbocycles. The summed E-state index contributed by atoms with van der Waals surface area (Å²) < 4.78 is 76.4. The summed E-state index contributed by atoms with van der Waals surface area (Å²) in [5.74, 6) is -2.45. The summed E-state index contributed by atoms with van der Waals surface area (Å²) in [4.78, 5) is 22.3. The van der Waals surface area contributed by atoms with Crippen LogP contribution in [-0.4, -0.2) is 38.5 Å². The topological polar surface area (TPSA) is 224 Å². The molecule has 1 aromatic heterocycles. The largest absolute Gasteiger partial charge is 0.597 e. The fourth-order valence-electron chi connectivity index (χ4n) is 11.5. The van der Waals surface area contributed by atoms with Crippen LogP contribution in [0.1, 0.15) is 23.1 Å². The minimum Gasteiger partial charge on any atom is -0.508 e. The number of rotatable bonds is 10. The number of hydrogen-bond acceptors (Lipinski definition) is 12. The van der Waals surface area contributed by atoms with E-state index in [4.69, 9.17) is 22.9 Å². The molecule has 0 spiro atoms. The molecule has 12 aromatic rings. The van der Waals surface area contributed by atoms with Gasteiger partial charge in [-0.05, 0) is 99.1 Å². The van der Waals surface area contributed by atoms with Gasteiger partial charge in [-0.25, -0.2) is 4.20 Å². The zero-order chi connectivity index (χ0) is 63.3. The van der Waals surface area contributed by atoms with Crippen LogP contribution >= 0.6 is 29.8 Å². The highest BCUT2D eigenvalue weighted by Crippen LogP contribution is 2.58. The maximum Gasteiger partial charge on any atom is 0.597 e. The Morgan fingerprint density at radius 3 is 1.48 bits per heavy atom. The van der Waals surface area contributed by atoms with Crippen LogP contribution in [-0.2, 0) is 40.4 Å². The van der Waals surface area contributed by atoms with Crippen LogP contribution in [0, 0.1) is 5.92 Å². The molecule has 0 aliphatic carbocycles. The molecule has 0 radical (unpaired) electrons. The molecule has 0 amide bonds. The molecule has 5 atom stereocenters. The first-order valence-corrected chi connectivity index (χ1v) is 35.4. The van der Waals surface area contributed by atoms with Gasteiger partial charge in [0.05, 0.1) is 45.9 Å². The fourth-order valence-corrected chi connectivity index (χ4v) is 19.9. The smallest absolute Gasteiger partial charge is 0.508 e. The number of hydrogen-bond donors (Lipinski definition) is 4. The van der Waals surface area contributed by atoms with Gasteiger partial charge in [0.25, 0.3) is 14.7 Å². The summed E-state index contributed by atoms with van der Waals surface area (Å²) >= 11 is 0. The number of phenolic OH excluding ortho intramolecular Hbond substituents is 2. The van der Waals surface area contributed by atoms with Gasteiger partial charge in [0.2, 0.25) is 5.12 Å². The van der Waals surface area contributed by atoms with Gasteiger partial charge in [0.1, 0.15) is 28.7 Å². The molecule has 91 heavy (non-hydrogen) atoms. The second-order valence-corrected chi connectivity index (χ2v) is 29.8. The zero-order valence-corrected chi connectivity index (χ0v) is 52.0. The van der Waals surface area contributed by atoms with Gasteiger partial charge < -0.3 is 34.0 Å². The van der Waals surface area contributed by atoms with Gasteiger partial charge in [-0.15, -0.1) is 0 Å². The standard InChI is InChI=1S/C19H15O2P.C19H14O2P.C18H13O4P.C17H15O6P/c20-22(14-15-8-2-1-3-9-15)19-13-7-5-11-17(19)16-10-4-6-12-18(16)21-22;20-22-18-12-5-4-10-16(18)17-11-6-9-15(19(17)21-22)13-14-7-2-1-3-8-14;19-12-9-10-15(20)18(11-12)23(21)17-8-4-2-6-14(17)13-5-1-3-7-16(13)22-23;18-16(19)9-11(17(20)21)10-24(22)15-8-4-2-6-13(15)12-5-1-3-7-14(12)23-24/h1-13H,14H2;1-12H,13H2;1-11,19-20H;1-8,11H,9-10H2,(H,18,19)(H,20,21)/q;+1;;. The zero-order valence-electron chi connectivity index (χ0n) is 48.5. The second-order valence-electron chi connectivity index (χ2n) is 21.7. The van der Waals surface area contributed by atoms with Crippen LogP contribution in [0.3, 0.4) is 0 Å². The lowest BCUT2D eigenvalue weighted by Gasteiger charge is -2.29. The van der Waals surface area contributed by atoms with E-state index in [0.29, 0.717) is 34.0 Å². The van der Waals surface area contributed by atoms with Crippen LogP contribution in [0.4, 0.5) is 0 Å². The number of aliphatic carboxylic acids is 2. The van der Waals surface area contributed by atoms with Crippen molar-refractivity contribution < 1.29 is 66.0 Å². The Labute approximate surface area is 524 Å². The van der Waals surface area contributed by atoms with Crippen LogP contribution in [0.2, 0.25) is 0 Å². The van der Waals surface area contributed by atoms with E-state index in [0.717, 1.165) is 77.7 Å². The van der Waals surface area contributed by atoms with E-state index in [9.17, 15) is 43.2 Å². The summed E-state index contributed by atoms with van der Waals surface area (Å²) in [6.45, 7) is 0. The van der Waals surface area contributed by atoms with Crippen LogP contribution in [0.5, 0.6) is 28.7 Å². The van der Waals surface area contributed by atoms with Gasteiger partial charge in [-0.1, -0.05) is 200 Å². The first kappa shape index (κ1) is 61.2. The first-order valence-electron chi connectivity index (χ1n) is 28.9. The molecule has 11 aromatic carbocycles. The normalized spacial score (nSPS) is 17.3. The van der Waals surface area contributed by atoms with Crippen LogP contribution in [0.25, 0.3) is 54.9 Å². The molecule has 14 nitrogen and oxygen atoms in total. The maximum absolute atomic E-state index is 13.7. The Hall–Kier alpha value is -10.1. The number of aromatic hydroxyl groups is 2. The van der Waals surface area contributed by atoms with Gasteiger partial charge >= 0.3 is 27.0 Å². The monoisotopic (exact) mass is 1280 g/mol. The Morgan fingerprint density at radius 2 is 0.901 bits per heavy atom. The Morgan fingerprint density at radius 1 is 0.440 bits per heavy atom. The van der Waals surface area contributed by atoms with Crippen molar-refractivity contribution in [2.75, 3.05) is 6.16 Å². The molecule has 15 rings (SSSR count). The number of carboxylic acid groups (broad SMARTS) is 2. The van der Waals surface area contributed by atoms with Crippen molar-refractivity contribution in [1.82, 2.24) is 0 Å². The third kappa shape index (κ3) is 12.8. The number of benzene rings is 11. The molecule has 0 fully saturated rings. The average molecular weight is 1280 g/mol. The highest BCUT2D eigenvalue weighted by molar-refractivity contribution is 7.75. The van der Waals surface area contributed by atoms with E-state index in [1.54, 1.807) is 60.7 Å². The van der Waals surface area contributed by atoms with E-state index >= 15 is 0 Å². The summed E-state index contributed by atoms with van der Waals surface area (Å²) in [5.41, 5.74) is 9.27. The summed E-state index contributed by atoms with van der Waals surface area (Å²) in [6, 6.07) is 82.2. The van der Waals surface area contributed by atoms with Crippen molar-refractivity contribution in [3.05, 3.63) is 284 Å². The van der Waals surface area contributed by atoms with E-state index in [1.807, 2.05) is 176 Å². The lowest BCUT2D eigenvalue weighted by molar-refractivity contribution is -0.147. The molecule has 0 bridgehead atoms. The van der Waals surface area contributed by atoms with E-state index < -0.39 is 54.0 Å². The Balaban J connectivity index is 0.000000117. The Kier molecular flexibility index (Phi) is 17.6. The molecule has 4 heterocycles. The summed E-state index contributed by atoms with van der Waals surface area (Å²) in [7, 11) is -11.9. The van der Waals surface area contributed by atoms with Crippen molar-refractivity contribution in [1.29, 1.82) is 0 Å². The number of carboxylic acids is 2. The summed E-state index contributed by atoms with van der Waals surface area (Å²) in [5, 5.41) is 42.8. The molecular weight excluding hydrogens is 1220 g/mol. The number of fused-ring (bicyclic) bond motifs is 12.